The summed E-state index contributed by atoms with van der Waals surface area (Å²) in [7, 11) is 3.36. The molecule has 1 heterocycles. The molecular formula is C10H15N3O3. The zero-order chi connectivity index (χ0) is 12.0. The number of anilines is 1. The summed E-state index contributed by atoms with van der Waals surface area (Å²) in [6.07, 6.45) is 3.87. The number of hydrogen-bond donors (Lipinski definition) is 1. The minimum atomic E-state index is -0.787. The Morgan fingerprint density at radius 3 is 2.94 bits per heavy atom. The molecule has 6 heteroatoms. The molecule has 0 spiro atoms. The van der Waals surface area contributed by atoms with Crippen molar-refractivity contribution < 1.29 is 14.6 Å². The maximum Gasteiger partial charge on any atom is 0.303 e. The van der Waals surface area contributed by atoms with Gasteiger partial charge in [-0.05, 0) is 6.42 Å². The van der Waals surface area contributed by atoms with Gasteiger partial charge in [0, 0.05) is 20.0 Å². The first kappa shape index (κ1) is 12.2. The summed E-state index contributed by atoms with van der Waals surface area (Å²) in [6.45, 7) is 0.619. The zero-order valence-electron chi connectivity index (χ0n) is 9.38. The fourth-order valence-electron chi connectivity index (χ4n) is 1.20. The quantitative estimate of drug-likeness (QED) is 0.771. The van der Waals surface area contributed by atoms with Gasteiger partial charge in [-0.3, -0.25) is 9.78 Å². The van der Waals surface area contributed by atoms with E-state index < -0.39 is 5.97 Å². The summed E-state index contributed by atoms with van der Waals surface area (Å²) < 4.78 is 4.95. The largest absolute Gasteiger partial charge is 0.481 e. The standard InChI is InChI=1S/C10H15N3O3/c1-13(5-3-4-10(14)15)8-6-11-7-9(12-8)16-2/h6-7H,3-5H2,1-2H3,(H,14,15). The maximum atomic E-state index is 10.4. The number of carboxylic acids is 1. The van der Waals surface area contributed by atoms with Crippen LogP contribution >= 0.6 is 0 Å². The van der Waals surface area contributed by atoms with E-state index >= 15 is 0 Å². The summed E-state index contributed by atoms with van der Waals surface area (Å²) in [5.41, 5.74) is 0. The van der Waals surface area contributed by atoms with E-state index in [0.717, 1.165) is 0 Å². The van der Waals surface area contributed by atoms with E-state index in [1.807, 2.05) is 11.9 Å². The van der Waals surface area contributed by atoms with Gasteiger partial charge < -0.3 is 14.7 Å². The molecule has 0 aromatic carbocycles. The highest BCUT2D eigenvalue weighted by Gasteiger charge is 2.05. The first-order valence-electron chi connectivity index (χ1n) is 4.92. The van der Waals surface area contributed by atoms with Crippen molar-refractivity contribution in [1.82, 2.24) is 9.97 Å². The van der Waals surface area contributed by atoms with E-state index in [1.165, 1.54) is 13.3 Å². The number of carbonyl (C=O) groups is 1. The van der Waals surface area contributed by atoms with E-state index in [9.17, 15) is 4.79 Å². The molecule has 0 saturated carbocycles. The fraction of sp³-hybridized carbons (Fsp3) is 0.500. The Labute approximate surface area is 93.9 Å². The molecule has 16 heavy (non-hydrogen) atoms. The molecule has 0 aliphatic heterocycles. The minimum Gasteiger partial charge on any atom is -0.481 e. The highest BCUT2D eigenvalue weighted by atomic mass is 16.5. The van der Waals surface area contributed by atoms with E-state index in [4.69, 9.17) is 9.84 Å². The van der Waals surface area contributed by atoms with E-state index in [2.05, 4.69) is 9.97 Å². The van der Waals surface area contributed by atoms with Gasteiger partial charge in [0.1, 0.15) is 0 Å². The Balaban J connectivity index is 2.51. The van der Waals surface area contributed by atoms with E-state index in [0.29, 0.717) is 24.7 Å². The Morgan fingerprint density at radius 1 is 1.56 bits per heavy atom. The van der Waals surface area contributed by atoms with E-state index in [1.54, 1.807) is 6.20 Å². The van der Waals surface area contributed by atoms with Gasteiger partial charge in [-0.25, -0.2) is 0 Å². The molecule has 1 N–H and O–H groups in total. The van der Waals surface area contributed by atoms with Crippen molar-refractivity contribution in [3.8, 4) is 5.88 Å². The van der Waals surface area contributed by atoms with Crippen molar-refractivity contribution >= 4 is 11.8 Å². The molecule has 1 aromatic rings. The molecular weight excluding hydrogens is 210 g/mol. The van der Waals surface area contributed by atoms with Crippen molar-refractivity contribution in [3.63, 3.8) is 0 Å². The average molecular weight is 225 g/mol. The van der Waals surface area contributed by atoms with Crippen LogP contribution in [0, 0.1) is 0 Å². The van der Waals surface area contributed by atoms with Crippen LogP contribution in [0.5, 0.6) is 5.88 Å². The molecule has 0 aliphatic rings. The number of aromatic nitrogens is 2. The molecule has 0 atom stereocenters. The van der Waals surface area contributed by atoms with Crippen molar-refractivity contribution in [1.29, 1.82) is 0 Å². The van der Waals surface area contributed by atoms with Gasteiger partial charge in [0.05, 0.1) is 19.5 Å². The lowest BCUT2D eigenvalue weighted by atomic mass is 10.3. The number of hydrogen-bond acceptors (Lipinski definition) is 5. The number of ether oxygens (including phenoxy) is 1. The monoisotopic (exact) mass is 225 g/mol. The maximum absolute atomic E-state index is 10.4. The lowest BCUT2D eigenvalue weighted by Gasteiger charge is -2.17. The summed E-state index contributed by atoms with van der Waals surface area (Å²) in [4.78, 5) is 20.4. The molecule has 0 bridgehead atoms. The van der Waals surface area contributed by atoms with Crippen LogP contribution in [-0.2, 0) is 4.79 Å². The van der Waals surface area contributed by atoms with Crippen LogP contribution in [0.2, 0.25) is 0 Å². The molecule has 1 aromatic heterocycles. The molecule has 0 radical (unpaired) electrons. The summed E-state index contributed by atoms with van der Waals surface area (Å²) >= 11 is 0. The zero-order valence-corrected chi connectivity index (χ0v) is 9.38. The lowest BCUT2D eigenvalue weighted by molar-refractivity contribution is -0.137. The van der Waals surface area contributed by atoms with Crippen LogP contribution in [0.15, 0.2) is 12.4 Å². The number of carboxylic acid groups (broad SMARTS) is 1. The van der Waals surface area contributed by atoms with Gasteiger partial charge >= 0.3 is 5.97 Å². The van der Waals surface area contributed by atoms with Crippen molar-refractivity contribution in [2.75, 3.05) is 25.6 Å². The molecule has 0 saturated heterocycles. The Hall–Kier alpha value is -1.85. The van der Waals surface area contributed by atoms with Crippen LogP contribution < -0.4 is 9.64 Å². The highest BCUT2D eigenvalue weighted by Crippen LogP contribution is 2.12. The Bertz CT molecular complexity index is 357. The molecule has 1 rings (SSSR count). The summed E-state index contributed by atoms with van der Waals surface area (Å²) in [6, 6.07) is 0. The predicted octanol–water partition coefficient (Wildman–Crippen LogP) is 0.786. The second-order valence-corrected chi connectivity index (χ2v) is 3.34. The number of rotatable bonds is 6. The van der Waals surface area contributed by atoms with Crippen LogP contribution in [0.1, 0.15) is 12.8 Å². The molecule has 0 unspecified atom stereocenters. The molecule has 0 fully saturated rings. The van der Waals surface area contributed by atoms with E-state index in [-0.39, 0.29) is 6.42 Å². The third-order valence-corrected chi connectivity index (χ3v) is 2.08. The number of aliphatic carboxylic acids is 1. The third kappa shape index (κ3) is 3.72. The number of nitrogens with zero attached hydrogens (tertiary/aromatic N) is 3. The Kier molecular flexibility index (Phi) is 4.50. The summed E-state index contributed by atoms with van der Waals surface area (Å²) in [5.74, 6) is 0.331. The SMILES string of the molecule is COc1cncc(N(C)CCCC(=O)O)n1. The second kappa shape index (κ2) is 5.89. The smallest absolute Gasteiger partial charge is 0.303 e. The fourth-order valence-corrected chi connectivity index (χ4v) is 1.20. The Morgan fingerprint density at radius 2 is 2.31 bits per heavy atom. The van der Waals surface area contributed by atoms with Crippen LogP contribution in [0.3, 0.4) is 0 Å². The third-order valence-electron chi connectivity index (χ3n) is 2.08. The van der Waals surface area contributed by atoms with Crippen LogP contribution in [0.25, 0.3) is 0 Å². The summed E-state index contributed by atoms with van der Waals surface area (Å²) in [5, 5.41) is 8.51. The molecule has 0 aliphatic carbocycles. The molecule has 0 amide bonds. The lowest BCUT2D eigenvalue weighted by Crippen LogP contribution is -2.20. The van der Waals surface area contributed by atoms with Gasteiger partial charge in [0.2, 0.25) is 5.88 Å². The van der Waals surface area contributed by atoms with Gasteiger partial charge in [0.25, 0.3) is 0 Å². The molecule has 6 nitrogen and oxygen atoms in total. The van der Waals surface area contributed by atoms with Gasteiger partial charge in [0.15, 0.2) is 5.82 Å². The minimum absolute atomic E-state index is 0.155. The van der Waals surface area contributed by atoms with Crippen molar-refractivity contribution in [3.05, 3.63) is 12.4 Å². The van der Waals surface area contributed by atoms with Gasteiger partial charge in [-0.2, -0.15) is 4.98 Å². The average Bonchev–Trinajstić information content (AvgIpc) is 2.28. The normalized spacial score (nSPS) is 9.88. The van der Waals surface area contributed by atoms with Crippen molar-refractivity contribution in [2.24, 2.45) is 0 Å². The van der Waals surface area contributed by atoms with Crippen LogP contribution in [0.4, 0.5) is 5.82 Å². The first-order valence-corrected chi connectivity index (χ1v) is 4.92. The molecule has 88 valence electrons. The predicted molar refractivity (Wildman–Crippen MR) is 58.7 cm³/mol. The van der Waals surface area contributed by atoms with Gasteiger partial charge in [-0.1, -0.05) is 0 Å². The van der Waals surface area contributed by atoms with Crippen molar-refractivity contribution in [2.45, 2.75) is 12.8 Å². The topological polar surface area (TPSA) is 75.5 Å². The highest BCUT2D eigenvalue weighted by molar-refractivity contribution is 5.66. The second-order valence-electron chi connectivity index (χ2n) is 3.34. The van der Waals surface area contributed by atoms with Gasteiger partial charge in [-0.15, -0.1) is 0 Å². The van der Waals surface area contributed by atoms with Crippen LogP contribution in [-0.4, -0.2) is 41.7 Å². The number of methoxy groups -OCH3 is 1. The first-order chi connectivity index (χ1) is 7.63.